The molecule has 256 valence electrons. The number of anilines is 2. The van der Waals surface area contributed by atoms with Crippen LogP contribution in [0, 0.1) is 0 Å². The average Bonchev–Trinajstić information content (AvgIpc) is 3.60. The van der Waals surface area contributed by atoms with Crippen molar-refractivity contribution in [2.24, 2.45) is 0 Å². The lowest BCUT2D eigenvalue weighted by atomic mass is 10.1. The van der Waals surface area contributed by atoms with Gasteiger partial charge in [-0.1, -0.05) is 49.4 Å². The van der Waals surface area contributed by atoms with E-state index >= 15 is 0 Å². The fraction of sp³-hybridized carbons (Fsp3) is 0.179. The summed E-state index contributed by atoms with van der Waals surface area (Å²) in [5.74, 6) is 0.276. The van der Waals surface area contributed by atoms with Gasteiger partial charge in [-0.15, -0.1) is 23.1 Å². The molecule has 1 unspecified atom stereocenters. The van der Waals surface area contributed by atoms with Gasteiger partial charge in [0.1, 0.15) is 17.2 Å². The molecule has 0 aliphatic rings. The quantitative estimate of drug-likeness (QED) is 0.0738. The van der Waals surface area contributed by atoms with Crippen LogP contribution < -0.4 is 25.4 Å². The number of para-hydroxylation sites is 1. The first-order chi connectivity index (χ1) is 24.4. The van der Waals surface area contributed by atoms with Crippen LogP contribution in [0.4, 0.5) is 10.8 Å². The summed E-state index contributed by atoms with van der Waals surface area (Å²) >= 11 is 2.76. The molecule has 1 aromatic heterocycles. The maximum Gasteiger partial charge on any atom is 0.272 e. The van der Waals surface area contributed by atoms with Gasteiger partial charge in [-0.3, -0.25) is 14.4 Å². The average molecular weight is 707 g/mol. The van der Waals surface area contributed by atoms with E-state index in [9.17, 15) is 14.4 Å². The van der Waals surface area contributed by atoms with Gasteiger partial charge in [0.05, 0.1) is 24.2 Å². The zero-order valence-electron chi connectivity index (χ0n) is 28.0. The third-order valence-electron chi connectivity index (χ3n) is 7.28. The monoisotopic (exact) mass is 706 g/mol. The van der Waals surface area contributed by atoms with E-state index in [4.69, 9.17) is 9.47 Å². The standard InChI is InChI=1S/C39H38N4O5S2/c1-4-35(38(46)43-39-42-33(25-49-39)26-19-21-30(22-20-26)47-5-2)50-31-17-12-16-29(24-31)40-37(45)32(41-36(44)27-13-8-7-9-14-27)23-28-15-10-11-18-34(28)48-6-3/h7-25,35H,4-6H2,1-3H3,(H,40,45)(H,41,44)(H,42,43,46)/b32-23+. The van der Waals surface area contributed by atoms with Gasteiger partial charge >= 0.3 is 0 Å². The molecular formula is C39H38N4O5S2. The molecule has 11 heteroatoms. The van der Waals surface area contributed by atoms with Crippen molar-refractivity contribution >= 4 is 57.7 Å². The zero-order chi connectivity index (χ0) is 35.3. The van der Waals surface area contributed by atoms with Crippen LogP contribution in [0.1, 0.15) is 43.1 Å². The first kappa shape index (κ1) is 35.9. The maximum absolute atomic E-state index is 13.7. The van der Waals surface area contributed by atoms with Crippen LogP contribution in [-0.2, 0) is 9.59 Å². The van der Waals surface area contributed by atoms with E-state index in [2.05, 4.69) is 20.9 Å². The lowest BCUT2D eigenvalue weighted by Crippen LogP contribution is -2.30. The number of rotatable bonds is 15. The molecule has 5 rings (SSSR count). The number of ether oxygens (including phenoxy) is 2. The Kier molecular flexibility index (Phi) is 12.8. The van der Waals surface area contributed by atoms with Crippen LogP contribution in [-0.4, -0.2) is 41.2 Å². The third-order valence-corrected chi connectivity index (χ3v) is 9.39. The van der Waals surface area contributed by atoms with Gasteiger partial charge in [0.25, 0.3) is 11.8 Å². The van der Waals surface area contributed by atoms with Crippen LogP contribution in [0.3, 0.4) is 0 Å². The molecule has 0 saturated heterocycles. The number of carbonyl (C=O) groups excluding carboxylic acids is 3. The van der Waals surface area contributed by atoms with Gasteiger partial charge in [-0.05, 0) is 87.0 Å². The van der Waals surface area contributed by atoms with Crippen LogP contribution in [0.15, 0.2) is 119 Å². The summed E-state index contributed by atoms with van der Waals surface area (Å²) in [6.45, 7) is 6.81. The summed E-state index contributed by atoms with van der Waals surface area (Å²) in [5, 5.41) is 10.7. The van der Waals surface area contributed by atoms with Gasteiger partial charge < -0.3 is 25.4 Å². The largest absolute Gasteiger partial charge is 0.494 e. The van der Waals surface area contributed by atoms with E-state index in [0.29, 0.717) is 47.3 Å². The minimum atomic E-state index is -0.514. The van der Waals surface area contributed by atoms with Gasteiger partial charge in [0.15, 0.2) is 5.13 Å². The Morgan fingerprint density at radius 1 is 0.840 bits per heavy atom. The Labute approximate surface area is 300 Å². The summed E-state index contributed by atoms with van der Waals surface area (Å²) in [6.07, 6.45) is 2.17. The zero-order valence-corrected chi connectivity index (χ0v) is 29.6. The third kappa shape index (κ3) is 9.83. The van der Waals surface area contributed by atoms with E-state index in [1.165, 1.54) is 23.1 Å². The predicted octanol–water partition coefficient (Wildman–Crippen LogP) is 8.53. The molecule has 1 heterocycles. The summed E-state index contributed by atoms with van der Waals surface area (Å²) in [6, 6.07) is 30.9. The molecule has 0 bridgehead atoms. The second-order valence-electron chi connectivity index (χ2n) is 10.8. The first-order valence-corrected chi connectivity index (χ1v) is 18.0. The van der Waals surface area contributed by atoms with Crippen molar-refractivity contribution in [2.75, 3.05) is 23.8 Å². The molecule has 0 spiro atoms. The number of carbonyl (C=O) groups is 3. The number of aromatic nitrogens is 1. The molecule has 0 radical (unpaired) electrons. The Morgan fingerprint density at radius 3 is 2.32 bits per heavy atom. The lowest BCUT2D eigenvalue weighted by molar-refractivity contribution is -0.116. The Morgan fingerprint density at radius 2 is 1.58 bits per heavy atom. The number of benzene rings is 4. The summed E-state index contributed by atoms with van der Waals surface area (Å²) in [4.78, 5) is 45.5. The second-order valence-corrected chi connectivity index (χ2v) is 13.0. The molecule has 0 fully saturated rings. The minimum absolute atomic E-state index is 0.0444. The van der Waals surface area contributed by atoms with Crippen molar-refractivity contribution in [1.29, 1.82) is 0 Å². The molecule has 50 heavy (non-hydrogen) atoms. The normalized spacial score (nSPS) is 11.7. The number of hydrogen-bond acceptors (Lipinski definition) is 8. The van der Waals surface area contributed by atoms with Crippen LogP contribution in [0.2, 0.25) is 0 Å². The number of nitrogens with one attached hydrogen (secondary N) is 3. The SMILES string of the molecule is CCOc1ccc(-c2csc(NC(=O)C(CC)Sc3cccc(NC(=O)/C(=C\c4ccccc4OCC)NC(=O)c4ccccc4)c3)n2)cc1. The number of thiazole rings is 1. The van der Waals surface area contributed by atoms with Crippen molar-refractivity contribution in [3.63, 3.8) is 0 Å². The van der Waals surface area contributed by atoms with Crippen molar-refractivity contribution in [3.05, 3.63) is 125 Å². The number of amides is 3. The molecule has 1 atom stereocenters. The molecular weight excluding hydrogens is 669 g/mol. The molecule has 0 aliphatic heterocycles. The highest BCUT2D eigenvalue weighted by atomic mass is 32.2. The Bertz CT molecular complexity index is 1940. The molecule has 9 nitrogen and oxygen atoms in total. The van der Waals surface area contributed by atoms with E-state index < -0.39 is 17.1 Å². The highest BCUT2D eigenvalue weighted by Crippen LogP contribution is 2.31. The van der Waals surface area contributed by atoms with Gasteiger partial charge in [-0.25, -0.2) is 4.98 Å². The number of thioether (sulfide) groups is 1. The van der Waals surface area contributed by atoms with Crippen LogP contribution in [0.25, 0.3) is 17.3 Å². The molecule has 0 saturated carbocycles. The fourth-order valence-electron chi connectivity index (χ4n) is 4.85. The predicted molar refractivity (Wildman–Crippen MR) is 202 cm³/mol. The summed E-state index contributed by atoms with van der Waals surface area (Å²) < 4.78 is 11.3. The van der Waals surface area contributed by atoms with Crippen molar-refractivity contribution in [1.82, 2.24) is 10.3 Å². The molecule has 0 aliphatic carbocycles. The van der Waals surface area contributed by atoms with E-state index in [1.807, 2.05) is 86.8 Å². The van der Waals surface area contributed by atoms with Crippen LogP contribution >= 0.6 is 23.1 Å². The van der Waals surface area contributed by atoms with Gasteiger partial charge in [0.2, 0.25) is 5.91 Å². The summed E-state index contributed by atoms with van der Waals surface area (Å²) in [5.41, 5.74) is 3.31. The first-order valence-electron chi connectivity index (χ1n) is 16.2. The van der Waals surface area contributed by atoms with Crippen LogP contribution in [0.5, 0.6) is 11.5 Å². The second kappa shape index (κ2) is 17.8. The van der Waals surface area contributed by atoms with Crippen molar-refractivity contribution < 1.29 is 23.9 Å². The smallest absolute Gasteiger partial charge is 0.272 e. The van der Waals surface area contributed by atoms with E-state index in [1.54, 1.807) is 48.5 Å². The number of hydrogen-bond donors (Lipinski definition) is 3. The number of nitrogens with zero attached hydrogens (tertiary/aromatic N) is 1. The van der Waals surface area contributed by atoms with E-state index in [-0.39, 0.29) is 11.6 Å². The highest BCUT2D eigenvalue weighted by Gasteiger charge is 2.21. The Balaban J connectivity index is 1.28. The minimum Gasteiger partial charge on any atom is -0.494 e. The van der Waals surface area contributed by atoms with Crippen molar-refractivity contribution in [2.45, 2.75) is 37.3 Å². The molecule has 3 N–H and O–H groups in total. The fourth-order valence-corrected chi connectivity index (χ4v) is 6.59. The van der Waals surface area contributed by atoms with Gasteiger partial charge in [-0.2, -0.15) is 0 Å². The highest BCUT2D eigenvalue weighted by molar-refractivity contribution is 8.00. The Hall–Kier alpha value is -5.39. The summed E-state index contributed by atoms with van der Waals surface area (Å²) in [7, 11) is 0. The topological polar surface area (TPSA) is 119 Å². The molecule has 3 amide bonds. The van der Waals surface area contributed by atoms with Gasteiger partial charge in [0, 0.05) is 32.7 Å². The molecule has 5 aromatic rings. The molecule has 4 aromatic carbocycles. The maximum atomic E-state index is 13.7. The van der Waals surface area contributed by atoms with Crippen molar-refractivity contribution in [3.8, 4) is 22.8 Å². The lowest BCUT2D eigenvalue weighted by Gasteiger charge is -2.15. The van der Waals surface area contributed by atoms with E-state index in [0.717, 1.165) is 21.9 Å².